The van der Waals surface area contributed by atoms with Crippen LogP contribution in [0.4, 0.5) is 4.79 Å². The maximum absolute atomic E-state index is 11.3. The molecule has 1 aliphatic carbocycles. The van der Waals surface area contributed by atoms with Crippen molar-refractivity contribution in [1.82, 2.24) is 0 Å². The second-order valence-corrected chi connectivity index (χ2v) is 4.57. The van der Waals surface area contributed by atoms with Gasteiger partial charge in [0.15, 0.2) is 11.4 Å². The summed E-state index contributed by atoms with van der Waals surface area (Å²) in [6, 6.07) is 9.87. The molecule has 3 rings (SSSR count). The van der Waals surface area contributed by atoms with Gasteiger partial charge >= 0.3 is 6.16 Å². The van der Waals surface area contributed by atoms with Gasteiger partial charge in [0.25, 0.3) is 0 Å². The van der Waals surface area contributed by atoms with Gasteiger partial charge in [0.05, 0.1) is 0 Å². The Balaban J connectivity index is 1.96. The Hall–Kier alpha value is -1.77. The van der Waals surface area contributed by atoms with Gasteiger partial charge in [0, 0.05) is 0 Å². The van der Waals surface area contributed by atoms with E-state index in [4.69, 9.17) is 9.47 Å². The summed E-state index contributed by atoms with van der Waals surface area (Å²) < 4.78 is 10.6. The Labute approximate surface area is 100 Å². The molecule has 17 heavy (non-hydrogen) atoms. The summed E-state index contributed by atoms with van der Waals surface area (Å²) >= 11 is 0. The van der Waals surface area contributed by atoms with Crippen LogP contribution in [-0.4, -0.2) is 11.8 Å². The summed E-state index contributed by atoms with van der Waals surface area (Å²) in [6.07, 6.45) is 5.27. The van der Waals surface area contributed by atoms with Crippen LogP contribution in [0, 0.1) is 0 Å². The fraction of sp³-hybridized carbons (Fsp3) is 0.357. The van der Waals surface area contributed by atoms with Crippen molar-refractivity contribution < 1.29 is 14.3 Å². The van der Waals surface area contributed by atoms with Crippen molar-refractivity contribution in [3.63, 3.8) is 0 Å². The van der Waals surface area contributed by atoms with Crippen molar-refractivity contribution in [2.75, 3.05) is 0 Å². The predicted molar refractivity (Wildman–Crippen MR) is 63.2 cm³/mol. The Morgan fingerprint density at radius 3 is 2.53 bits per heavy atom. The second kappa shape index (κ2) is 3.91. The Morgan fingerprint density at radius 2 is 1.82 bits per heavy atom. The number of carbonyl (C=O) groups excluding carboxylic acids is 1. The lowest BCUT2D eigenvalue weighted by Crippen LogP contribution is -2.25. The smallest absolute Gasteiger partial charge is 0.419 e. The van der Waals surface area contributed by atoms with Crippen LogP contribution in [0.5, 0.6) is 0 Å². The summed E-state index contributed by atoms with van der Waals surface area (Å²) in [7, 11) is 0. The molecule has 1 heterocycles. The predicted octanol–water partition coefficient (Wildman–Crippen LogP) is 3.51. The molecule has 0 aromatic heterocycles. The third-order valence-corrected chi connectivity index (χ3v) is 3.43. The first-order valence-electron chi connectivity index (χ1n) is 5.97. The summed E-state index contributed by atoms with van der Waals surface area (Å²) in [5, 5.41) is 0. The van der Waals surface area contributed by atoms with Crippen LogP contribution in [0.15, 0.2) is 36.1 Å². The third-order valence-electron chi connectivity index (χ3n) is 3.43. The molecule has 0 bridgehead atoms. The van der Waals surface area contributed by atoms with E-state index in [2.05, 4.69) is 0 Å². The molecule has 1 saturated carbocycles. The second-order valence-electron chi connectivity index (χ2n) is 4.57. The number of benzene rings is 1. The minimum Gasteiger partial charge on any atom is -0.419 e. The first-order chi connectivity index (χ1) is 8.28. The van der Waals surface area contributed by atoms with E-state index in [-0.39, 0.29) is 0 Å². The number of ether oxygens (including phenoxy) is 2. The van der Waals surface area contributed by atoms with Gasteiger partial charge in [-0.05, 0) is 37.3 Å². The van der Waals surface area contributed by atoms with Crippen LogP contribution in [0.3, 0.4) is 0 Å². The topological polar surface area (TPSA) is 35.5 Å². The average molecular weight is 230 g/mol. The number of rotatable bonds is 1. The molecule has 2 fully saturated rings. The summed E-state index contributed by atoms with van der Waals surface area (Å²) in [5.74, 6) is 0.672. The van der Waals surface area contributed by atoms with E-state index in [1.165, 1.54) is 0 Å². The van der Waals surface area contributed by atoms with E-state index in [0.717, 1.165) is 31.2 Å². The zero-order valence-corrected chi connectivity index (χ0v) is 9.52. The molecule has 3 nitrogen and oxygen atoms in total. The molecule has 1 aliphatic heterocycles. The van der Waals surface area contributed by atoms with Crippen molar-refractivity contribution in [3.05, 3.63) is 41.7 Å². The van der Waals surface area contributed by atoms with Gasteiger partial charge in [-0.25, -0.2) is 4.79 Å². The largest absolute Gasteiger partial charge is 0.514 e. The molecule has 1 aromatic carbocycles. The van der Waals surface area contributed by atoms with Gasteiger partial charge in [-0.15, -0.1) is 0 Å². The van der Waals surface area contributed by atoms with Crippen LogP contribution in [-0.2, 0) is 9.47 Å². The van der Waals surface area contributed by atoms with E-state index in [1.54, 1.807) is 0 Å². The maximum Gasteiger partial charge on any atom is 0.514 e. The lowest BCUT2D eigenvalue weighted by molar-refractivity contribution is 0.0700. The Kier molecular flexibility index (Phi) is 2.39. The number of cyclic esters (lactones) is 1. The molecule has 88 valence electrons. The molecule has 0 N–H and O–H groups in total. The quantitative estimate of drug-likeness (QED) is 0.692. The first-order valence-corrected chi connectivity index (χ1v) is 5.97. The highest BCUT2D eigenvalue weighted by atomic mass is 16.8. The van der Waals surface area contributed by atoms with E-state index >= 15 is 0 Å². The Bertz CT molecular complexity index is 456. The van der Waals surface area contributed by atoms with Crippen molar-refractivity contribution in [3.8, 4) is 0 Å². The maximum atomic E-state index is 11.3. The van der Waals surface area contributed by atoms with Gasteiger partial charge in [-0.3, -0.25) is 0 Å². The van der Waals surface area contributed by atoms with Crippen LogP contribution in [0.2, 0.25) is 0 Å². The molecule has 1 saturated heterocycles. The highest BCUT2D eigenvalue weighted by Gasteiger charge is 2.49. The van der Waals surface area contributed by atoms with Crippen molar-refractivity contribution in [1.29, 1.82) is 0 Å². The molecule has 0 amide bonds. The summed E-state index contributed by atoms with van der Waals surface area (Å²) in [6.45, 7) is 0. The van der Waals surface area contributed by atoms with Crippen molar-refractivity contribution >= 4 is 12.2 Å². The van der Waals surface area contributed by atoms with E-state index in [9.17, 15) is 4.79 Å². The highest BCUT2D eigenvalue weighted by Crippen LogP contribution is 2.44. The van der Waals surface area contributed by atoms with Gasteiger partial charge in [0.2, 0.25) is 0 Å². The van der Waals surface area contributed by atoms with Crippen LogP contribution < -0.4 is 0 Å². The normalized spacial score (nSPS) is 24.0. The lowest BCUT2D eigenvalue weighted by atomic mass is 9.98. The van der Waals surface area contributed by atoms with E-state index in [0.29, 0.717) is 5.76 Å². The minimum absolute atomic E-state index is 0.479. The van der Waals surface area contributed by atoms with Crippen LogP contribution in [0.25, 0.3) is 6.08 Å². The van der Waals surface area contributed by atoms with Gasteiger partial charge in [-0.2, -0.15) is 0 Å². The van der Waals surface area contributed by atoms with Crippen molar-refractivity contribution in [2.24, 2.45) is 0 Å². The molecule has 1 spiro atoms. The molecular formula is C14H14O3. The minimum atomic E-state index is -0.561. The zero-order valence-electron chi connectivity index (χ0n) is 9.52. The lowest BCUT2D eigenvalue weighted by Gasteiger charge is -2.19. The van der Waals surface area contributed by atoms with Gasteiger partial charge < -0.3 is 9.47 Å². The SMILES string of the molecule is O=C1O/C(=C\c2ccccc2)C2(CCCC2)O1. The molecular weight excluding hydrogens is 216 g/mol. The molecule has 0 atom stereocenters. The standard InChI is InChI=1S/C14H14O3/c15-13-16-12(10-11-6-2-1-3-7-11)14(17-13)8-4-5-9-14/h1-3,6-7,10H,4-5,8-9H2/b12-10-. The van der Waals surface area contributed by atoms with Crippen LogP contribution in [0.1, 0.15) is 31.2 Å². The third kappa shape index (κ3) is 1.82. The molecule has 1 aromatic rings. The van der Waals surface area contributed by atoms with Crippen molar-refractivity contribution in [2.45, 2.75) is 31.3 Å². The molecule has 2 aliphatic rings. The number of hydrogen-bond acceptors (Lipinski definition) is 3. The summed E-state index contributed by atoms with van der Waals surface area (Å²) in [5.41, 5.74) is 0.555. The first kappa shape index (κ1) is 10.4. The fourth-order valence-corrected chi connectivity index (χ4v) is 2.57. The zero-order chi connectivity index (χ0) is 11.7. The number of carbonyl (C=O) groups is 1. The van der Waals surface area contributed by atoms with E-state index < -0.39 is 11.8 Å². The monoisotopic (exact) mass is 230 g/mol. The molecule has 0 unspecified atom stereocenters. The van der Waals surface area contributed by atoms with Crippen LogP contribution >= 0.6 is 0 Å². The highest BCUT2D eigenvalue weighted by molar-refractivity contribution is 5.70. The fourth-order valence-electron chi connectivity index (χ4n) is 2.57. The van der Waals surface area contributed by atoms with E-state index in [1.807, 2.05) is 36.4 Å². The number of hydrogen-bond donors (Lipinski definition) is 0. The average Bonchev–Trinajstić information content (AvgIpc) is 2.90. The Morgan fingerprint density at radius 1 is 1.12 bits per heavy atom. The van der Waals surface area contributed by atoms with Gasteiger partial charge in [-0.1, -0.05) is 30.3 Å². The molecule has 3 heteroatoms. The summed E-state index contributed by atoms with van der Waals surface area (Å²) in [4.78, 5) is 11.3. The molecule has 0 radical (unpaired) electrons. The van der Waals surface area contributed by atoms with Gasteiger partial charge in [0.1, 0.15) is 0 Å².